The van der Waals surface area contributed by atoms with Gasteiger partial charge in [0.15, 0.2) is 5.82 Å². The molecular formula is C58H67N19O4. The van der Waals surface area contributed by atoms with Crippen LogP contribution in [-0.4, -0.2) is 131 Å². The molecule has 7 aromatic heterocycles. The van der Waals surface area contributed by atoms with Gasteiger partial charge in [-0.2, -0.15) is 10.1 Å². The van der Waals surface area contributed by atoms with Crippen molar-refractivity contribution in [2.45, 2.75) is 77.3 Å². The van der Waals surface area contributed by atoms with E-state index in [-0.39, 0.29) is 11.4 Å². The molecule has 0 bridgehead atoms. The van der Waals surface area contributed by atoms with Crippen molar-refractivity contribution in [3.63, 3.8) is 0 Å². The summed E-state index contributed by atoms with van der Waals surface area (Å²) >= 11 is 0. The van der Waals surface area contributed by atoms with Crippen LogP contribution in [0.5, 0.6) is 11.8 Å². The van der Waals surface area contributed by atoms with Gasteiger partial charge in [-0.15, -0.1) is 0 Å². The van der Waals surface area contributed by atoms with Crippen LogP contribution in [0.15, 0.2) is 84.9 Å². The maximum absolute atomic E-state index is 12.0. The van der Waals surface area contributed by atoms with Gasteiger partial charge in [0, 0.05) is 87.2 Å². The number of nitrogens with zero attached hydrogens (tertiary/aromatic N) is 12. The van der Waals surface area contributed by atoms with Crippen molar-refractivity contribution in [3.8, 4) is 82.4 Å². The first-order valence-corrected chi connectivity index (χ1v) is 25.7. The second kappa shape index (κ2) is 34.0. The molecule has 2 saturated carbocycles. The van der Waals surface area contributed by atoms with Crippen LogP contribution in [0.25, 0.3) is 33.2 Å². The van der Waals surface area contributed by atoms with E-state index >= 15 is 0 Å². The molecule has 0 unspecified atom stereocenters. The molecule has 23 nitrogen and oxygen atoms in total. The van der Waals surface area contributed by atoms with E-state index in [9.17, 15) is 4.79 Å². The number of H-pyrrole nitrogens is 1. The third kappa shape index (κ3) is 20.1. The minimum atomic E-state index is -0.360. The largest absolute Gasteiger partial charge is 0.479 e. The highest BCUT2D eigenvalue weighted by Crippen LogP contribution is 2.30. The molecule has 7 aromatic rings. The van der Waals surface area contributed by atoms with Gasteiger partial charge in [0.1, 0.15) is 29.0 Å². The summed E-state index contributed by atoms with van der Waals surface area (Å²) in [5.74, 6) is 39.0. The Bertz CT molecular complexity index is 3390. The maximum Gasteiger partial charge on any atom is 0.281 e. The Morgan fingerprint density at radius 2 is 1.09 bits per heavy atom. The number of pyridine rings is 4. The Morgan fingerprint density at radius 1 is 0.642 bits per heavy atom. The van der Waals surface area contributed by atoms with Crippen LogP contribution in [0.4, 0.5) is 23.5 Å². The highest BCUT2D eigenvalue weighted by atomic mass is 16.5. The smallest absolute Gasteiger partial charge is 0.281 e. The van der Waals surface area contributed by atoms with Crippen LogP contribution in [-0.2, 0) is 0 Å². The number of hydrogen-bond acceptors (Lipinski definition) is 19. The number of carbonyl (C=O) groups is 1. The molecule has 2 aliphatic carbocycles. The summed E-state index contributed by atoms with van der Waals surface area (Å²) in [6.45, 7) is 5.11. The predicted octanol–water partition coefficient (Wildman–Crippen LogP) is 5.57. The number of aromatic amines is 1. The van der Waals surface area contributed by atoms with E-state index in [1.54, 1.807) is 71.8 Å². The summed E-state index contributed by atoms with van der Waals surface area (Å²) < 4.78 is 10.7. The molecule has 11 N–H and O–H groups in total. The standard InChI is InChI=1S/C24H30N8O2.C22H25N9O.C12H6.H4N2.H2O/c1-32(2)15-29-22(33)18-13-27-24(28-14-18)26-12-16-4-7-19(8-5-16)30-20-9-6-17-10-11-25-23(34-3)21(17)31-20;1-32-21-19-15(8-9-23-21)4-7-18(30-19)29-17-5-2-14(3-6-17)10-24-22-25-11-16(12-26-22)20-27-13-28-31-20;1-3-5-7-9-11-12-10-8-6-4-2;1-2;/h6,9-11,13-16,19H,4-5,7-8,12H2,1-3H3,(H,30,31)(H,26,27,28);4,7-9,11-14,17H,2-3,5-6,10H2,1H3,(H,29,30)(H,24,25,26)(H,27,28,31);1-2H3;1-2H2;1H2. The molecule has 418 valence electrons. The SMILES string of the molecule is CC#CC#CC#CC#CC#CC.COc1nccc2ccc(NC3CCC(CNc4ncc(-c5ncn[nH]5)cn4)CC3)nc12.COc1nccc2ccc(NC3CCC(CNc4ncc(C(=O)N=CN(C)C)cn4)CC3)nc12.NN.O. The molecule has 23 heteroatoms. The zero-order valence-corrected chi connectivity index (χ0v) is 46.2. The van der Waals surface area contributed by atoms with Crippen molar-refractivity contribution in [2.24, 2.45) is 28.5 Å². The summed E-state index contributed by atoms with van der Waals surface area (Å²) in [7, 11) is 6.84. The van der Waals surface area contributed by atoms with E-state index in [0.29, 0.717) is 59.0 Å². The Hall–Kier alpha value is -9.96. The highest BCUT2D eigenvalue weighted by molar-refractivity contribution is 5.98. The molecule has 9 rings (SSSR count). The summed E-state index contributed by atoms with van der Waals surface area (Å²) in [5.41, 5.74) is 2.73. The van der Waals surface area contributed by atoms with E-state index in [1.807, 2.05) is 30.3 Å². The van der Waals surface area contributed by atoms with Gasteiger partial charge >= 0.3 is 0 Å². The number of hydrogen-bond donors (Lipinski definition) is 7. The zero-order chi connectivity index (χ0) is 56.7. The van der Waals surface area contributed by atoms with Crippen molar-refractivity contribution in [1.29, 1.82) is 0 Å². The van der Waals surface area contributed by atoms with Crippen LogP contribution in [0.3, 0.4) is 0 Å². The molecule has 0 aliphatic heterocycles. The van der Waals surface area contributed by atoms with Gasteiger partial charge in [-0.3, -0.25) is 21.6 Å². The fourth-order valence-electron chi connectivity index (χ4n) is 8.39. The van der Waals surface area contributed by atoms with Crippen LogP contribution in [0.2, 0.25) is 0 Å². The average molecular weight is 1090 g/mol. The van der Waals surface area contributed by atoms with Crippen LogP contribution >= 0.6 is 0 Å². The summed E-state index contributed by atoms with van der Waals surface area (Å²) in [6, 6.07) is 12.8. The minimum absolute atomic E-state index is 0. The van der Waals surface area contributed by atoms with Crippen molar-refractivity contribution in [3.05, 3.63) is 85.5 Å². The Balaban J connectivity index is 0.000000240. The first-order valence-electron chi connectivity index (χ1n) is 25.7. The number of anilines is 4. The average Bonchev–Trinajstić information content (AvgIpc) is 4.08. The lowest BCUT2D eigenvalue weighted by Gasteiger charge is -2.29. The predicted molar refractivity (Wildman–Crippen MR) is 316 cm³/mol. The first kappa shape index (κ1) is 61.9. The minimum Gasteiger partial charge on any atom is -0.479 e. The molecule has 0 spiro atoms. The van der Waals surface area contributed by atoms with Crippen molar-refractivity contribution < 1.29 is 19.7 Å². The molecule has 0 radical (unpaired) electrons. The van der Waals surface area contributed by atoms with Crippen molar-refractivity contribution in [1.82, 2.24) is 60.0 Å². The molecule has 0 aromatic carbocycles. The normalized spacial score (nSPS) is 15.5. The lowest BCUT2D eigenvalue weighted by atomic mass is 9.86. The van der Waals surface area contributed by atoms with Gasteiger partial charge in [-0.25, -0.2) is 44.9 Å². The van der Waals surface area contributed by atoms with E-state index < -0.39 is 0 Å². The number of fused-ring (bicyclic) bond motifs is 2. The third-order valence-corrected chi connectivity index (χ3v) is 12.4. The molecule has 1 amide bonds. The molecule has 2 aliphatic rings. The number of ether oxygens (including phenoxy) is 2. The quantitative estimate of drug-likeness (QED) is 0.0217. The first-order chi connectivity index (χ1) is 39.2. The number of aromatic nitrogens is 11. The van der Waals surface area contributed by atoms with E-state index in [0.717, 1.165) is 103 Å². The second-order valence-electron chi connectivity index (χ2n) is 18.1. The summed E-state index contributed by atoms with van der Waals surface area (Å²) in [5, 5.41) is 22.5. The summed E-state index contributed by atoms with van der Waals surface area (Å²) in [6.07, 6.45) is 21.7. The number of amides is 1. The number of aliphatic imine (C=N–C) groups is 1. The van der Waals surface area contributed by atoms with E-state index in [4.69, 9.17) is 19.4 Å². The second-order valence-corrected chi connectivity index (χ2v) is 18.1. The topological polar surface area (TPSA) is 327 Å². The number of hydrazine groups is 1. The number of nitrogens with two attached hydrogens (primary N) is 2. The van der Waals surface area contributed by atoms with Crippen LogP contribution < -0.4 is 42.4 Å². The van der Waals surface area contributed by atoms with E-state index in [2.05, 4.69) is 148 Å². The van der Waals surface area contributed by atoms with Crippen molar-refractivity contribution in [2.75, 3.05) is 62.7 Å². The zero-order valence-electron chi connectivity index (χ0n) is 46.2. The molecule has 81 heavy (non-hydrogen) atoms. The van der Waals surface area contributed by atoms with Gasteiger partial charge in [0.25, 0.3) is 5.91 Å². The Labute approximate surface area is 471 Å². The van der Waals surface area contributed by atoms with Gasteiger partial charge < -0.3 is 41.1 Å². The van der Waals surface area contributed by atoms with Gasteiger partial charge in [0.05, 0.1) is 31.7 Å². The fraction of sp³-hybridized carbons (Fsp3) is 0.345. The Morgan fingerprint density at radius 3 is 1.49 bits per heavy atom. The number of nitrogens with one attached hydrogen (secondary N) is 5. The number of carbonyl (C=O) groups excluding carboxylic acids is 1. The third-order valence-electron chi connectivity index (χ3n) is 12.4. The Kier molecular flexibility index (Phi) is 26.0. The van der Waals surface area contributed by atoms with Crippen LogP contribution in [0, 0.1) is 71.0 Å². The highest BCUT2D eigenvalue weighted by Gasteiger charge is 2.23. The monoisotopic (exact) mass is 1090 g/mol. The molecule has 0 saturated heterocycles. The number of methoxy groups -OCH3 is 2. The lowest BCUT2D eigenvalue weighted by molar-refractivity contribution is 0.100. The van der Waals surface area contributed by atoms with Gasteiger partial charge in [0.2, 0.25) is 23.7 Å². The van der Waals surface area contributed by atoms with Gasteiger partial charge in [-0.05, 0) is 161 Å². The molecule has 0 atom stereocenters. The fourth-order valence-corrected chi connectivity index (χ4v) is 8.39. The molecule has 7 heterocycles. The summed E-state index contributed by atoms with van der Waals surface area (Å²) in [4.78, 5) is 56.8. The van der Waals surface area contributed by atoms with E-state index in [1.165, 1.54) is 25.1 Å². The molecule has 2 fully saturated rings. The molecular weight excluding hydrogens is 1030 g/mol. The van der Waals surface area contributed by atoms with Gasteiger partial charge in [-0.1, -0.05) is 11.8 Å². The van der Waals surface area contributed by atoms with Crippen molar-refractivity contribution >= 4 is 57.6 Å². The lowest BCUT2D eigenvalue weighted by Crippen LogP contribution is -2.29. The van der Waals surface area contributed by atoms with Crippen LogP contribution in [0.1, 0.15) is 75.6 Å². The maximum atomic E-state index is 12.0. The number of rotatable bonds is 15.